The van der Waals surface area contributed by atoms with Gasteiger partial charge in [-0.25, -0.2) is 4.39 Å². The van der Waals surface area contributed by atoms with Crippen molar-refractivity contribution in [2.75, 3.05) is 32.7 Å². The van der Waals surface area contributed by atoms with Crippen LogP contribution in [0.25, 0.3) is 0 Å². The van der Waals surface area contributed by atoms with Crippen LogP contribution in [0.3, 0.4) is 0 Å². The zero-order valence-corrected chi connectivity index (χ0v) is 9.77. The summed E-state index contributed by atoms with van der Waals surface area (Å²) in [5, 5.41) is 3.23. The van der Waals surface area contributed by atoms with Gasteiger partial charge in [-0.05, 0) is 57.8 Å². The van der Waals surface area contributed by atoms with Gasteiger partial charge in [-0.3, -0.25) is 0 Å². The fraction of sp³-hybridized carbons (Fsp3) is 1.00. The Balaban J connectivity index is 1.80. The summed E-state index contributed by atoms with van der Waals surface area (Å²) >= 11 is 0. The topological polar surface area (TPSA) is 15.3 Å². The maximum absolute atomic E-state index is 14.4. The zero-order chi connectivity index (χ0) is 10.7. The fourth-order valence-electron chi connectivity index (χ4n) is 2.65. The average molecular weight is 214 g/mol. The van der Waals surface area contributed by atoms with Gasteiger partial charge in [0.15, 0.2) is 0 Å². The predicted octanol–water partition coefficient (Wildman–Crippen LogP) is 1.81. The Hall–Kier alpha value is -0.150. The van der Waals surface area contributed by atoms with E-state index in [1.165, 1.54) is 12.8 Å². The molecule has 0 bridgehead atoms. The van der Waals surface area contributed by atoms with Crippen molar-refractivity contribution in [2.45, 2.75) is 38.3 Å². The largest absolute Gasteiger partial charge is 0.316 e. The van der Waals surface area contributed by atoms with Gasteiger partial charge in [0.1, 0.15) is 5.67 Å². The maximum atomic E-state index is 14.4. The Morgan fingerprint density at radius 2 is 1.87 bits per heavy atom. The van der Waals surface area contributed by atoms with E-state index in [9.17, 15) is 4.39 Å². The van der Waals surface area contributed by atoms with E-state index in [1.54, 1.807) is 0 Å². The van der Waals surface area contributed by atoms with Gasteiger partial charge in [-0.1, -0.05) is 6.92 Å². The van der Waals surface area contributed by atoms with E-state index in [-0.39, 0.29) is 0 Å². The number of alkyl halides is 1. The molecule has 2 nitrogen and oxygen atoms in total. The van der Waals surface area contributed by atoms with Crippen LogP contribution in [0.4, 0.5) is 4.39 Å². The van der Waals surface area contributed by atoms with E-state index >= 15 is 0 Å². The highest BCUT2D eigenvalue weighted by Gasteiger charge is 2.34. The summed E-state index contributed by atoms with van der Waals surface area (Å²) in [4.78, 5) is 2.32. The van der Waals surface area contributed by atoms with E-state index < -0.39 is 5.67 Å². The molecule has 0 aliphatic carbocycles. The van der Waals surface area contributed by atoms with Crippen molar-refractivity contribution < 1.29 is 4.39 Å². The second-order valence-electron chi connectivity index (χ2n) is 5.36. The summed E-state index contributed by atoms with van der Waals surface area (Å²) < 4.78 is 14.4. The molecular formula is C12H23FN2. The first-order valence-electron chi connectivity index (χ1n) is 6.30. The van der Waals surface area contributed by atoms with Crippen molar-refractivity contribution in [3.8, 4) is 0 Å². The molecule has 0 atom stereocenters. The molecule has 2 saturated heterocycles. The number of hydrogen-bond acceptors (Lipinski definition) is 2. The second kappa shape index (κ2) is 4.79. The van der Waals surface area contributed by atoms with Crippen molar-refractivity contribution >= 4 is 0 Å². The van der Waals surface area contributed by atoms with Gasteiger partial charge in [0, 0.05) is 6.54 Å². The number of nitrogens with zero attached hydrogens (tertiary/aromatic N) is 1. The molecular weight excluding hydrogens is 191 g/mol. The first kappa shape index (κ1) is 11.3. The molecule has 0 spiro atoms. The van der Waals surface area contributed by atoms with Crippen molar-refractivity contribution in [1.82, 2.24) is 10.2 Å². The molecule has 0 saturated carbocycles. The van der Waals surface area contributed by atoms with E-state index in [0.717, 1.165) is 32.1 Å². The molecule has 0 aromatic rings. The van der Waals surface area contributed by atoms with Crippen molar-refractivity contribution in [3.05, 3.63) is 0 Å². The van der Waals surface area contributed by atoms with Crippen molar-refractivity contribution in [2.24, 2.45) is 5.92 Å². The minimum Gasteiger partial charge on any atom is -0.316 e. The third-order valence-corrected chi connectivity index (χ3v) is 3.88. The Labute approximate surface area is 92.2 Å². The first-order valence-corrected chi connectivity index (χ1v) is 6.30. The standard InChI is InChI=1S/C12H23FN2/c1-11-2-8-15(9-3-11)10-12(13)4-6-14-7-5-12/h11,14H,2-10H2,1H3. The third kappa shape index (κ3) is 3.15. The number of hydrogen-bond donors (Lipinski definition) is 1. The molecule has 2 aliphatic heterocycles. The molecule has 2 aliphatic rings. The third-order valence-electron chi connectivity index (χ3n) is 3.88. The average Bonchev–Trinajstić information content (AvgIpc) is 2.22. The molecule has 0 aromatic heterocycles. The lowest BCUT2D eigenvalue weighted by Crippen LogP contribution is -2.48. The lowest BCUT2D eigenvalue weighted by molar-refractivity contribution is 0.0474. The smallest absolute Gasteiger partial charge is 0.126 e. The summed E-state index contributed by atoms with van der Waals surface area (Å²) in [6.07, 6.45) is 3.88. The molecule has 88 valence electrons. The molecule has 15 heavy (non-hydrogen) atoms. The van der Waals surface area contributed by atoms with Gasteiger partial charge >= 0.3 is 0 Å². The molecule has 0 aromatic carbocycles. The molecule has 2 heterocycles. The molecule has 1 N–H and O–H groups in total. The summed E-state index contributed by atoms with van der Waals surface area (Å²) in [6, 6.07) is 0. The lowest BCUT2D eigenvalue weighted by Gasteiger charge is -2.38. The molecule has 2 fully saturated rings. The SMILES string of the molecule is CC1CCN(CC2(F)CCNCC2)CC1. The monoisotopic (exact) mass is 214 g/mol. The second-order valence-corrected chi connectivity index (χ2v) is 5.36. The van der Waals surface area contributed by atoms with Crippen LogP contribution in [0, 0.1) is 5.92 Å². The molecule has 0 unspecified atom stereocenters. The van der Waals surface area contributed by atoms with Crippen LogP contribution in [0.15, 0.2) is 0 Å². The molecule has 3 heteroatoms. The van der Waals surface area contributed by atoms with Gasteiger partial charge in [0.2, 0.25) is 0 Å². The number of halogens is 1. The highest BCUT2D eigenvalue weighted by atomic mass is 19.1. The van der Waals surface area contributed by atoms with Gasteiger partial charge in [-0.15, -0.1) is 0 Å². The van der Waals surface area contributed by atoms with Crippen molar-refractivity contribution in [3.63, 3.8) is 0 Å². The Morgan fingerprint density at radius 3 is 2.47 bits per heavy atom. The van der Waals surface area contributed by atoms with Crippen LogP contribution in [-0.2, 0) is 0 Å². The Kier molecular flexibility index (Phi) is 3.62. The van der Waals surface area contributed by atoms with E-state index in [4.69, 9.17) is 0 Å². The van der Waals surface area contributed by atoms with Gasteiger partial charge < -0.3 is 10.2 Å². The van der Waals surface area contributed by atoms with E-state index in [0.29, 0.717) is 19.4 Å². The van der Waals surface area contributed by atoms with Crippen LogP contribution >= 0.6 is 0 Å². The van der Waals surface area contributed by atoms with Gasteiger partial charge in [0.05, 0.1) is 0 Å². The van der Waals surface area contributed by atoms with E-state index in [1.807, 2.05) is 0 Å². The van der Waals surface area contributed by atoms with Crippen molar-refractivity contribution in [1.29, 1.82) is 0 Å². The zero-order valence-electron chi connectivity index (χ0n) is 9.77. The minimum atomic E-state index is -0.911. The summed E-state index contributed by atoms with van der Waals surface area (Å²) in [5.74, 6) is 0.838. The highest BCUT2D eigenvalue weighted by Crippen LogP contribution is 2.26. The number of nitrogens with one attached hydrogen (secondary N) is 1. The molecule has 0 radical (unpaired) electrons. The quantitative estimate of drug-likeness (QED) is 0.754. The molecule has 2 rings (SSSR count). The lowest BCUT2D eigenvalue weighted by atomic mass is 9.92. The minimum absolute atomic E-state index is 0.668. The number of rotatable bonds is 2. The summed E-state index contributed by atoms with van der Waals surface area (Å²) in [6.45, 7) is 6.86. The summed E-state index contributed by atoms with van der Waals surface area (Å²) in [7, 11) is 0. The van der Waals surface area contributed by atoms with Crippen LogP contribution in [-0.4, -0.2) is 43.3 Å². The Bertz CT molecular complexity index is 194. The van der Waals surface area contributed by atoms with Crippen LogP contribution in [0.5, 0.6) is 0 Å². The van der Waals surface area contributed by atoms with Crippen LogP contribution in [0.2, 0.25) is 0 Å². The summed E-state index contributed by atoms with van der Waals surface area (Å²) in [5.41, 5.74) is -0.911. The van der Waals surface area contributed by atoms with E-state index in [2.05, 4.69) is 17.1 Å². The highest BCUT2D eigenvalue weighted by molar-refractivity contribution is 4.88. The fourth-order valence-corrected chi connectivity index (χ4v) is 2.65. The normalized spacial score (nSPS) is 29.2. The Morgan fingerprint density at radius 1 is 1.27 bits per heavy atom. The van der Waals surface area contributed by atoms with Gasteiger partial charge in [-0.2, -0.15) is 0 Å². The number of likely N-dealkylation sites (tertiary alicyclic amines) is 1. The molecule has 0 amide bonds. The number of piperidine rings is 2. The first-order chi connectivity index (χ1) is 7.18. The van der Waals surface area contributed by atoms with Crippen LogP contribution in [0.1, 0.15) is 32.6 Å². The van der Waals surface area contributed by atoms with Gasteiger partial charge in [0.25, 0.3) is 0 Å². The predicted molar refractivity (Wildman–Crippen MR) is 60.8 cm³/mol. The van der Waals surface area contributed by atoms with Crippen LogP contribution < -0.4 is 5.32 Å². The maximum Gasteiger partial charge on any atom is 0.126 e.